The fraction of sp³-hybridized carbons (Fsp3) is 0.455. The Morgan fingerprint density at radius 2 is 2.35 bits per heavy atom. The molecular weight excluding hydrogens is 240 g/mol. The Kier molecular flexibility index (Phi) is 3.15. The number of amides is 1. The third kappa shape index (κ3) is 1.82. The lowest BCUT2D eigenvalue weighted by Crippen LogP contribution is -2.50. The zero-order chi connectivity index (χ0) is 12.6. The monoisotopic (exact) mass is 254 g/mol. The number of carbonyl (C=O) groups excluding carboxylic acids is 2. The van der Waals surface area contributed by atoms with Crippen LogP contribution in [-0.2, 0) is 14.3 Å². The lowest BCUT2D eigenvalue weighted by molar-refractivity contribution is -0.136. The van der Waals surface area contributed by atoms with E-state index in [0.29, 0.717) is 12.0 Å². The molecule has 0 saturated carbocycles. The summed E-state index contributed by atoms with van der Waals surface area (Å²) in [5.41, 5.74) is 7.43. The molecule has 0 fully saturated rings. The summed E-state index contributed by atoms with van der Waals surface area (Å²) in [6.45, 7) is 1.95. The van der Waals surface area contributed by atoms with Crippen LogP contribution in [0.4, 0.5) is 0 Å². The fourth-order valence-corrected chi connectivity index (χ4v) is 3.47. The Hall–Kier alpha value is -1.43. The summed E-state index contributed by atoms with van der Waals surface area (Å²) >= 11 is 1.50. The Morgan fingerprint density at radius 1 is 1.65 bits per heavy atom. The molecule has 2 atom stereocenters. The Bertz CT molecular complexity index is 442. The van der Waals surface area contributed by atoms with Crippen LogP contribution in [0.2, 0.25) is 0 Å². The first-order valence-electron chi connectivity index (χ1n) is 5.33. The number of hydrogen-bond acceptors (Lipinski definition) is 5. The zero-order valence-electron chi connectivity index (χ0n) is 9.65. The number of rotatable bonds is 2. The highest BCUT2D eigenvalue weighted by atomic mass is 32.2. The van der Waals surface area contributed by atoms with E-state index in [2.05, 4.69) is 5.32 Å². The van der Waals surface area contributed by atoms with Crippen LogP contribution in [0, 0.1) is 0 Å². The van der Waals surface area contributed by atoms with Gasteiger partial charge < -0.3 is 15.8 Å². The van der Waals surface area contributed by atoms with Crippen LogP contribution < -0.4 is 11.1 Å². The molecule has 6 heteroatoms. The number of fused-ring (bicyclic) bond motifs is 1. The molecule has 2 aliphatic heterocycles. The Balaban J connectivity index is 2.33. The summed E-state index contributed by atoms with van der Waals surface area (Å²) in [7, 11) is 1.33. The Labute approximate surface area is 103 Å². The van der Waals surface area contributed by atoms with Crippen LogP contribution in [0.1, 0.15) is 13.3 Å². The van der Waals surface area contributed by atoms with Crippen molar-refractivity contribution in [1.82, 2.24) is 5.32 Å². The van der Waals surface area contributed by atoms with Gasteiger partial charge in [0.05, 0.1) is 29.7 Å². The highest BCUT2D eigenvalue weighted by molar-refractivity contribution is 8.03. The van der Waals surface area contributed by atoms with Crippen LogP contribution in [-0.4, -0.2) is 30.3 Å². The summed E-state index contributed by atoms with van der Waals surface area (Å²) in [5, 5.41) is 4.51. The van der Waals surface area contributed by atoms with Crippen molar-refractivity contribution in [3.05, 3.63) is 22.3 Å². The predicted molar refractivity (Wildman–Crippen MR) is 64.9 cm³/mol. The number of ether oxygens (including phenoxy) is 1. The molecule has 1 amide bonds. The van der Waals surface area contributed by atoms with E-state index in [4.69, 9.17) is 10.5 Å². The van der Waals surface area contributed by atoms with E-state index in [1.54, 1.807) is 5.41 Å². The second-order valence-corrected chi connectivity index (χ2v) is 4.88. The molecule has 2 heterocycles. The first-order valence-corrected chi connectivity index (χ1v) is 6.27. The van der Waals surface area contributed by atoms with Crippen molar-refractivity contribution >= 4 is 23.6 Å². The summed E-state index contributed by atoms with van der Waals surface area (Å²) in [4.78, 5) is 23.2. The maximum Gasteiger partial charge on any atom is 0.336 e. The minimum absolute atomic E-state index is 0.0202. The van der Waals surface area contributed by atoms with Gasteiger partial charge in [0.2, 0.25) is 0 Å². The van der Waals surface area contributed by atoms with Gasteiger partial charge in [-0.1, -0.05) is 6.92 Å². The molecule has 2 unspecified atom stereocenters. The first kappa shape index (κ1) is 12.0. The van der Waals surface area contributed by atoms with Gasteiger partial charge in [0.15, 0.2) is 0 Å². The number of hydrogen-bond donors (Lipinski definition) is 2. The molecule has 17 heavy (non-hydrogen) atoms. The first-order chi connectivity index (χ1) is 8.10. The standard InChI is InChI=1S/C11H14N2O3S/c1-3-5-7(12)10(14)13-8-6(11(15)16-2)4-17-9(5)8/h4,8-9H,3,12H2,1-2H3,(H,13,14). The van der Waals surface area contributed by atoms with E-state index in [0.717, 1.165) is 5.57 Å². The summed E-state index contributed by atoms with van der Waals surface area (Å²) in [5.74, 6) is -0.707. The number of carbonyl (C=O) groups is 2. The molecule has 3 N–H and O–H groups in total. The predicted octanol–water partition coefficient (Wildman–Crippen LogP) is 0.280. The van der Waals surface area contributed by atoms with E-state index in [1.165, 1.54) is 18.9 Å². The summed E-state index contributed by atoms with van der Waals surface area (Å²) in [6, 6.07) is -0.317. The van der Waals surface area contributed by atoms with Gasteiger partial charge in [-0.15, -0.1) is 11.8 Å². The maximum atomic E-state index is 11.7. The molecule has 5 nitrogen and oxygen atoms in total. The summed E-state index contributed by atoms with van der Waals surface area (Å²) in [6.07, 6.45) is 0.704. The quantitative estimate of drug-likeness (QED) is 0.692. The lowest BCUT2D eigenvalue weighted by atomic mass is 9.93. The van der Waals surface area contributed by atoms with Gasteiger partial charge in [-0.05, 0) is 17.4 Å². The van der Waals surface area contributed by atoms with Crippen LogP contribution in [0.15, 0.2) is 22.3 Å². The van der Waals surface area contributed by atoms with Gasteiger partial charge in [0.25, 0.3) is 5.91 Å². The van der Waals surface area contributed by atoms with Crippen molar-refractivity contribution in [1.29, 1.82) is 0 Å². The van der Waals surface area contributed by atoms with E-state index >= 15 is 0 Å². The lowest BCUT2D eigenvalue weighted by Gasteiger charge is -2.30. The van der Waals surface area contributed by atoms with Gasteiger partial charge in [-0.3, -0.25) is 4.79 Å². The normalized spacial score (nSPS) is 27.4. The molecule has 2 aliphatic rings. The van der Waals surface area contributed by atoms with Crippen molar-refractivity contribution in [2.24, 2.45) is 5.73 Å². The highest BCUT2D eigenvalue weighted by Crippen LogP contribution is 2.39. The van der Waals surface area contributed by atoms with Crippen LogP contribution >= 0.6 is 11.8 Å². The largest absolute Gasteiger partial charge is 0.466 e. The minimum atomic E-state index is -0.402. The SMILES string of the molecule is CCC1=C(N)C(=O)NC2C(C(=O)OC)=CSC12. The van der Waals surface area contributed by atoms with Gasteiger partial charge in [-0.25, -0.2) is 4.79 Å². The molecule has 0 aromatic rings. The minimum Gasteiger partial charge on any atom is -0.466 e. The highest BCUT2D eigenvalue weighted by Gasteiger charge is 2.42. The van der Waals surface area contributed by atoms with Crippen LogP contribution in [0.5, 0.6) is 0 Å². The number of thioether (sulfide) groups is 1. The average molecular weight is 254 g/mol. The third-order valence-electron chi connectivity index (χ3n) is 3.00. The molecule has 0 aliphatic carbocycles. The number of nitrogens with two attached hydrogens (primary N) is 1. The molecule has 0 aromatic heterocycles. The van der Waals surface area contributed by atoms with E-state index in [1.807, 2.05) is 6.92 Å². The number of esters is 1. The molecule has 2 rings (SSSR count). The van der Waals surface area contributed by atoms with E-state index < -0.39 is 5.97 Å². The van der Waals surface area contributed by atoms with Crippen molar-refractivity contribution < 1.29 is 14.3 Å². The number of methoxy groups -OCH3 is 1. The van der Waals surface area contributed by atoms with E-state index in [9.17, 15) is 9.59 Å². The number of nitrogens with one attached hydrogen (secondary N) is 1. The second-order valence-electron chi connectivity index (χ2n) is 3.87. The molecule has 0 radical (unpaired) electrons. The van der Waals surface area contributed by atoms with Gasteiger partial charge >= 0.3 is 5.97 Å². The molecule has 92 valence electrons. The van der Waals surface area contributed by atoms with E-state index in [-0.39, 0.29) is 22.9 Å². The zero-order valence-corrected chi connectivity index (χ0v) is 10.5. The maximum absolute atomic E-state index is 11.7. The van der Waals surface area contributed by atoms with Gasteiger partial charge in [-0.2, -0.15) is 0 Å². The molecule has 0 spiro atoms. The molecule has 0 aromatic carbocycles. The van der Waals surface area contributed by atoms with Crippen molar-refractivity contribution in [2.75, 3.05) is 7.11 Å². The molecular formula is C11H14N2O3S. The van der Waals surface area contributed by atoms with Crippen LogP contribution in [0.3, 0.4) is 0 Å². The van der Waals surface area contributed by atoms with Crippen molar-refractivity contribution in [3.8, 4) is 0 Å². The fourth-order valence-electron chi connectivity index (χ4n) is 2.10. The van der Waals surface area contributed by atoms with Gasteiger partial charge in [0, 0.05) is 0 Å². The third-order valence-corrected chi connectivity index (χ3v) is 4.24. The van der Waals surface area contributed by atoms with Crippen molar-refractivity contribution in [3.63, 3.8) is 0 Å². The van der Waals surface area contributed by atoms with Crippen molar-refractivity contribution in [2.45, 2.75) is 24.6 Å². The topological polar surface area (TPSA) is 81.4 Å². The van der Waals surface area contributed by atoms with Gasteiger partial charge in [0.1, 0.15) is 0 Å². The second kappa shape index (κ2) is 4.44. The summed E-state index contributed by atoms with van der Waals surface area (Å²) < 4.78 is 4.69. The Morgan fingerprint density at radius 3 is 2.94 bits per heavy atom. The smallest absolute Gasteiger partial charge is 0.336 e. The molecule has 0 bridgehead atoms. The van der Waals surface area contributed by atoms with Crippen LogP contribution in [0.25, 0.3) is 0 Å². The molecule has 0 saturated heterocycles. The average Bonchev–Trinajstić information content (AvgIpc) is 2.73.